The molecule has 1 nitrogen and oxygen atoms in total. The summed E-state index contributed by atoms with van der Waals surface area (Å²) in [5.74, 6) is 0.788. The van der Waals surface area contributed by atoms with Gasteiger partial charge in [-0.25, -0.2) is 0 Å². The summed E-state index contributed by atoms with van der Waals surface area (Å²) in [6, 6.07) is 0. The van der Waals surface area contributed by atoms with Gasteiger partial charge in [0.2, 0.25) is 0 Å². The van der Waals surface area contributed by atoms with Crippen molar-refractivity contribution in [1.82, 2.24) is 0 Å². The minimum atomic E-state index is 0.788. The quantitative estimate of drug-likeness (QED) is 0.607. The third-order valence-electron chi connectivity index (χ3n) is 1.87. The average molecular weight is 155 g/mol. The van der Waals surface area contributed by atoms with Crippen LogP contribution in [0.3, 0.4) is 0 Å². The fraction of sp³-hybridized carbons (Fsp3) is 0.800. The SMILES string of the molecule is CC(C)=CCCC(C)CCN. The van der Waals surface area contributed by atoms with Crippen molar-refractivity contribution in [2.45, 2.75) is 40.0 Å². The monoisotopic (exact) mass is 155 g/mol. The Morgan fingerprint density at radius 1 is 1.36 bits per heavy atom. The maximum absolute atomic E-state index is 5.45. The molecule has 0 amide bonds. The van der Waals surface area contributed by atoms with Gasteiger partial charge in [-0.2, -0.15) is 0 Å². The average Bonchev–Trinajstić information content (AvgIpc) is 1.87. The highest BCUT2D eigenvalue weighted by Gasteiger charge is 1.97. The predicted molar refractivity (Wildman–Crippen MR) is 51.5 cm³/mol. The molecule has 0 aromatic heterocycles. The Kier molecular flexibility index (Phi) is 6.24. The number of allylic oxidation sites excluding steroid dienone is 2. The molecule has 2 N–H and O–H groups in total. The highest BCUT2D eigenvalue weighted by atomic mass is 14.5. The van der Waals surface area contributed by atoms with Gasteiger partial charge in [0.15, 0.2) is 0 Å². The van der Waals surface area contributed by atoms with Crippen molar-refractivity contribution in [3.05, 3.63) is 11.6 Å². The third-order valence-corrected chi connectivity index (χ3v) is 1.87. The summed E-state index contributed by atoms with van der Waals surface area (Å²) < 4.78 is 0. The molecule has 0 aliphatic heterocycles. The van der Waals surface area contributed by atoms with E-state index in [1.54, 1.807) is 0 Å². The van der Waals surface area contributed by atoms with Gasteiger partial charge in [0.1, 0.15) is 0 Å². The molecule has 11 heavy (non-hydrogen) atoms. The number of nitrogens with two attached hydrogens (primary N) is 1. The van der Waals surface area contributed by atoms with Crippen LogP contribution in [0.4, 0.5) is 0 Å². The van der Waals surface area contributed by atoms with Crippen molar-refractivity contribution >= 4 is 0 Å². The Bertz CT molecular complexity index is 112. The van der Waals surface area contributed by atoms with E-state index in [0.29, 0.717) is 0 Å². The molecular weight excluding hydrogens is 134 g/mol. The summed E-state index contributed by atoms with van der Waals surface area (Å²) in [4.78, 5) is 0. The lowest BCUT2D eigenvalue weighted by Crippen LogP contribution is -2.05. The minimum Gasteiger partial charge on any atom is -0.330 e. The molecule has 0 aliphatic rings. The van der Waals surface area contributed by atoms with Crippen molar-refractivity contribution in [1.29, 1.82) is 0 Å². The second kappa shape index (κ2) is 6.41. The van der Waals surface area contributed by atoms with Crippen molar-refractivity contribution in [3.8, 4) is 0 Å². The molecule has 0 spiro atoms. The van der Waals surface area contributed by atoms with Gasteiger partial charge in [0.25, 0.3) is 0 Å². The number of hydrogen-bond donors (Lipinski definition) is 1. The molecule has 0 bridgehead atoms. The minimum absolute atomic E-state index is 0.788. The van der Waals surface area contributed by atoms with Crippen molar-refractivity contribution in [2.24, 2.45) is 11.7 Å². The van der Waals surface area contributed by atoms with Crippen LogP contribution in [0.25, 0.3) is 0 Å². The molecule has 0 fully saturated rings. The molecule has 1 unspecified atom stereocenters. The molecule has 0 aliphatic carbocycles. The molecule has 0 saturated heterocycles. The third kappa shape index (κ3) is 7.60. The van der Waals surface area contributed by atoms with Crippen LogP contribution in [0.2, 0.25) is 0 Å². The van der Waals surface area contributed by atoms with Gasteiger partial charge in [-0.1, -0.05) is 18.6 Å². The van der Waals surface area contributed by atoms with Crippen LogP contribution in [-0.2, 0) is 0 Å². The number of rotatable bonds is 5. The molecule has 66 valence electrons. The summed E-state index contributed by atoms with van der Waals surface area (Å²) in [5, 5.41) is 0. The van der Waals surface area contributed by atoms with Gasteiger partial charge in [0, 0.05) is 0 Å². The van der Waals surface area contributed by atoms with Gasteiger partial charge in [-0.15, -0.1) is 0 Å². The molecule has 0 radical (unpaired) electrons. The Balaban J connectivity index is 3.31. The maximum atomic E-state index is 5.45. The zero-order chi connectivity index (χ0) is 8.69. The standard InChI is InChI=1S/C10H21N/c1-9(2)5-4-6-10(3)7-8-11/h5,10H,4,6-8,11H2,1-3H3. The molecule has 1 atom stereocenters. The van der Waals surface area contributed by atoms with Gasteiger partial charge in [0.05, 0.1) is 0 Å². The Hall–Kier alpha value is -0.300. The molecule has 0 saturated carbocycles. The zero-order valence-electron chi connectivity index (χ0n) is 8.06. The molecular formula is C10H21N. The first kappa shape index (κ1) is 10.7. The predicted octanol–water partition coefficient (Wildman–Crippen LogP) is 2.72. The van der Waals surface area contributed by atoms with Crippen molar-refractivity contribution < 1.29 is 0 Å². The molecule has 1 heteroatoms. The topological polar surface area (TPSA) is 26.0 Å². The van der Waals surface area contributed by atoms with Crippen LogP contribution in [0.15, 0.2) is 11.6 Å². The van der Waals surface area contributed by atoms with E-state index in [-0.39, 0.29) is 0 Å². The van der Waals surface area contributed by atoms with Crippen LogP contribution in [-0.4, -0.2) is 6.54 Å². The summed E-state index contributed by atoms with van der Waals surface area (Å²) >= 11 is 0. The summed E-state index contributed by atoms with van der Waals surface area (Å²) in [6.45, 7) is 7.39. The molecule has 0 aromatic carbocycles. The van der Waals surface area contributed by atoms with Gasteiger partial charge in [-0.3, -0.25) is 0 Å². The fourth-order valence-electron chi connectivity index (χ4n) is 1.09. The second-order valence-corrected chi connectivity index (χ2v) is 3.54. The largest absolute Gasteiger partial charge is 0.330 e. The Morgan fingerprint density at radius 2 is 2.00 bits per heavy atom. The highest BCUT2D eigenvalue weighted by Crippen LogP contribution is 2.10. The van der Waals surface area contributed by atoms with Gasteiger partial charge in [-0.05, 0) is 45.6 Å². The van der Waals surface area contributed by atoms with Gasteiger partial charge >= 0.3 is 0 Å². The first-order valence-corrected chi connectivity index (χ1v) is 4.50. The Labute approximate surface area is 70.7 Å². The molecule has 0 rings (SSSR count). The molecule has 0 aromatic rings. The zero-order valence-corrected chi connectivity index (χ0v) is 8.06. The van der Waals surface area contributed by atoms with Crippen molar-refractivity contribution in [2.75, 3.05) is 6.54 Å². The number of hydrogen-bond acceptors (Lipinski definition) is 1. The summed E-state index contributed by atoms with van der Waals surface area (Å²) in [5.41, 5.74) is 6.87. The highest BCUT2D eigenvalue weighted by molar-refractivity contribution is 4.92. The van der Waals surface area contributed by atoms with E-state index in [2.05, 4.69) is 26.8 Å². The maximum Gasteiger partial charge on any atom is -0.00747 e. The van der Waals surface area contributed by atoms with Gasteiger partial charge < -0.3 is 5.73 Å². The van der Waals surface area contributed by atoms with Crippen LogP contribution in [0.5, 0.6) is 0 Å². The van der Waals surface area contributed by atoms with E-state index in [0.717, 1.165) is 18.9 Å². The van der Waals surface area contributed by atoms with E-state index in [1.165, 1.54) is 18.4 Å². The second-order valence-electron chi connectivity index (χ2n) is 3.54. The first-order valence-electron chi connectivity index (χ1n) is 4.50. The van der Waals surface area contributed by atoms with Crippen LogP contribution >= 0.6 is 0 Å². The van der Waals surface area contributed by atoms with E-state index in [1.807, 2.05) is 0 Å². The molecule has 0 heterocycles. The van der Waals surface area contributed by atoms with E-state index < -0.39 is 0 Å². The van der Waals surface area contributed by atoms with E-state index in [4.69, 9.17) is 5.73 Å². The normalized spacial score (nSPS) is 12.7. The smallest absolute Gasteiger partial charge is 0.00747 e. The van der Waals surface area contributed by atoms with Crippen molar-refractivity contribution in [3.63, 3.8) is 0 Å². The van der Waals surface area contributed by atoms with E-state index in [9.17, 15) is 0 Å². The summed E-state index contributed by atoms with van der Waals surface area (Å²) in [7, 11) is 0. The van der Waals surface area contributed by atoms with Crippen LogP contribution in [0.1, 0.15) is 40.0 Å². The lowest BCUT2D eigenvalue weighted by molar-refractivity contribution is 0.504. The Morgan fingerprint density at radius 3 is 2.45 bits per heavy atom. The first-order chi connectivity index (χ1) is 5.16. The fourth-order valence-corrected chi connectivity index (χ4v) is 1.09. The lowest BCUT2D eigenvalue weighted by Gasteiger charge is -2.06. The lowest BCUT2D eigenvalue weighted by atomic mass is 10.0. The van der Waals surface area contributed by atoms with Crippen LogP contribution < -0.4 is 5.73 Å². The summed E-state index contributed by atoms with van der Waals surface area (Å²) in [6.07, 6.45) is 5.95. The van der Waals surface area contributed by atoms with E-state index >= 15 is 0 Å². The van der Waals surface area contributed by atoms with Crippen LogP contribution in [0, 0.1) is 5.92 Å².